The Morgan fingerprint density at radius 2 is 1.67 bits per heavy atom. The zero-order valence-corrected chi connectivity index (χ0v) is 21.8. The lowest BCUT2D eigenvalue weighted by atomic mass is 10.0. The lowest BCUT2D eigenvalue weighted by Crippen LogP contribution is -2.32. The Kier molecular flexibility index (Phi) is 11.0. The molecule has 9 nitrogen and oxygen atoms in total. The fraction of sp³-hybridized carbons (Fsp3) is 0.462. The van der Waals surface area contributed by atoms with Gasteiger partial charge in [0.25, 0.3) is 15.9 Å². The van der Waals surface area contributed by atoms with E-state index in [0.29, 0.717) is 31.4 Å². The second-order valence-electron chi connectivity index (χ2n) is 8.61. The summed E-state index contributed by atoms with van der Waals surface area (Å²) in [5, 5.41) is 14.2. The molecule has 2 N–H and O–H groups in total. The molecule has 2 rings (SSSR count). The van der Waals surface area contributed by atoms with Gasteiger partial charge < -0.3 is 15.2 Å². The number of amides is 2. The number of hydrogen-bond donors (Lipinski definition) is 2. The minimum Gasteiger partial charge on any atom is -0.543 e. The first kappa shape index (κ1) is 29.0. The molecule has 1 heterocycles. The van der Waals surface area contributed by atoms with Crippen molar-refractivity contribution in [2.75, 3.05) is 6.54 Å². The van der Waals surface area contributed by atoms with Gasteiger partial charge in [0, 0.05) is 18.7 Å². The van der Waals surface area contributed by atoms with Crippen LogP contribution in [0.1, 0.15) is 84.8 Å². The number of hydrogen-bond acceptors (Lipinski definition) is 7. The molecule has 0 aliphatic heterocycles. The number of aromatic nitrogens is 1. The smallest absolute Gasteiger partial charge is 0.266 e. The number of aryl methyl sites for hydroxylation is 1. The molecule has 0 aliphatic carbocycles. The number of aromatic carboxylic acids is 1. The van der Waals surface area contributed by atoms with E-state index in [1.165, 1.54) is 18.2 Å². The lowest BCUT2D eigenvalue weighted by molar-refractivity contribution is -0.255. The van der Waals surface area contributed by atoms with Crippen molar-refractivity contribution in [1.29, 1.82) is 0 Å². The Bertz CT molecular complexity index is 1160. The van der Waals surface area contributed by atoms with Crippen LogP contribution in [-0.2, 0) is 27.7 Å². The third-order valence-corrected chi connectivity index (χ3v) is 7.35. The number of carbonyl (C=O) groups is 3. The van der Waals surface area contributed by atoms with E-state index < -0.39 is 21.9 Å². The summed E-state index contributed by atoms with van der Waals surface area (Å²) in [6.45, 7) is 6.38. The van der Waals surface area contributed by atoms with Gasteiger partial charge in [-0.05, 0) is 61.4 Å². The Morgan fingerprint density at radius 3 is 2.25 bits per heavy atom. The summed E-state index contributed by atoms with van der Waals surface area (Å²) in [6, 6.07) is 7.38. The standard InChI is InChI=1S/C26H35N3O6S/c1-4-7-8-9-20-16-21(17-28-23(20)26(32)33)25(31)29-36(34,35)22-12-10-18(11-13-22)14-15-27-24(30)19(5-2)6-3/h10-13,16-17,19H,4-9,14-15H2,1-3H3,(H,27,30)(H,29,31)(H,32,33)/p-1. The first-order chi connectivity index (χ1) is 17.1. The van der Waals surface area contributed by atoms with E-state index in [4.69, 9.17) is 0 Å². The first-order valence-corrected chi connectivity index (χ1v) is 13.7. The molecule has 0 atom stereocenters. The Hall–Kier alpha value is -3.27. The number of carbonyl (C=O) groups excluding carboxylic acids is 3. The number of unbranched alkanes of at least 4 members (excludes halogenated alkanes) is 2. The van der Waals surface area contributed by atoms with E-state index in [1.807, 2.05) is 25.5 Å². The Morgan fingerprint density at radius 1 is 1.00 bits per heavy atom. The summed E-state index contributed by atoms with van der Waals surface area (Å²) in [7, 11) is -4.16. The highest BCUT2D eigenvalue weighted by atomic mass is 32.2. The van der Waals surface area contributed by atoms with Gasteiger partial charge in [-0.15, -0.1) is 0 Å². The number of carboxylic acid groups (broad SMARTS) is 1. The average molecular weight is 517 g/mol. The summed E-state index contributed by atoms with van der Waals surface area (Å²) in [5.41, 5.74) is 0.857. The van der Waals surface area contributed by atoms with Crippen LogP contribution in [0.4, 0.5) is 0 Å². The van der Waals surface area contributed by atoms with Crippen molar-refractivity contribution in [3.63, 3.8) is 0 Å². The van der Waals surface area contributed by atoms with Crippen LogP contribution in [0.15, 0.2) is 41.4 Å². The van der Waals surface area contributed by atoms with E-state index in [0.717, 1.165) is 37.4 Å². The van der Waals surface area contributed by atoms with E-state index in [1.54, 1.807) is 12.1 Å². The van der Waals surface area contributed by atoms with Gasteiger partial charge in [0.15, 0.2) is 0 Å². The van der Waals surface area contributed by atoms with Gasteiger partial charge in [0.05, 0.1) is 22.1 Å². The Balaban J connectivity index is 2.05. The van der Waals surface area contributed by atoms with E-state index in [2.05, 4.69) is 10.3 Å². The van der Waals surface area contributed by atoms with Crippen LogP contribution in [-0.4, -0.2) is 37.7 Å². The first-order valence-electron chi connectivity index (χ1n) is 12.3. The van der Waals surface area contributed by atoms with Crippen LogP contribution in [0.3, 0.4) is 0 Å². The third-order valence-electron chi connectivity index (χ3n) is 6.00. The summed E-state index contributed by atoms with van der Waals surface area (Å²) in [5.74, 6) is -2.35. The molecule has 2 amide bonds. The molecule has 196 valence electrons. The van der Waals surface area contributed by atoms with Gasteiger partial charge >= 0.3 is 0 Å². The maximum Gasteiger partial charge on any atom is 0.266 e. The predicted octanol–water partition coefficient (Wildman–Crippen LogP) is 2.39. The number of sulfonamides is 1. The molecule has 0 fully saturated rings. The highest BCUT2D eigenvalue weighted by Crippen LogP contribution is 2.15. The lowest BCUT2D eigenvalue weighted by Gasteiger charge is -2.13. The molecule has 0 bridgehead atoms. The number of rotatable bonds is 14. The molecule has 10 heteroatoms. The highest BCUT2D eigenvalue weighted by molar-refractivity contribution is 7.90. The highest BCUT2D eigenvalue weighted by Gasteiger charge is 2.20. The number of carboxylic acids is 1. The molecule has 0 unspecified atom stereocenters. The monoisotopic (exact) mass is 516 g/mol. The maximum absolute atomic E-state index is 12.7. The molecule has 0 aliphatic rings. The van der Waals surface area contributed by atoms with Crippen molar-refractivity contribution in [2.24, 2.45) is 5.92 Å². The van der Waals surface area contributed by atoms with Crippen molar-refractivity contribution < 1.29 is 27.9 Å². The van der Waals surface area contributed by atoms with Crippen LogP contribution >= 0.6 is 0 Å². The Labute approximate surface area is 212 Å². The number of benzene rings is 1. The fourth-order valence-electron chi connectivity index (χ4n) is 3.78. The van der Waals surface area contributed by atoms with Crippen LogP contribution in [0, 0.1) is 5.92 Å². The second-order valence-corrected chi connectivity index (χ2v) is 10.3. The van der Waals surface area contributed by atoms with Gasteiger partial charge in [0.1, 0.15) is 0 Å². The van der Waals surface area contributed by atoms with Crippen LogP contribution in [0.5, 0.6) is 0 Å². The van der Waals surface area contributed by atoms with Gasteiger partial charge in [-0.25, -0.2) is 13.1 Å². The molecule has 1 aromatic heterocycles. The number of pyridine rings is 1. The van der Waals surface area contributed by atoms with E-state index in [9.17, 15) is 27.9 Å². The van der Waals surface area contributed by atoms with Gasteiger partial charge in [-0.2, -0.15) is 0 Å². The predicted molar refractivity (Wildman–Crippen MR) is 134 cm³/mol. The van der Waals surface area contributed by atoms with Gasteiger partial charge in [-0.1, -0.05) is 45.7 Å². The summed E-state index contributed by atoms with van der Waals surface area (Å²) < 4.78 is 27.5. The van der Waals surface area contributed by atoms with E-state index >= 15 is 0 Å². The van der Waals surface area contributed by atoms with Crippen molar-refractivity contribution in [2.45, 2.75) is 70.6 Å². The zero-order valence-electron chi connectivity index (χ0n) is 21.0. The van der Waals surface area contributed by atoms with Crippen LogP contribution < -0.4 is 15.1 Å². The topological polar surface area (TPSA) is 145 Å². The van der Waals surface area contributed by atoms with Crippen molar-refractivity contribution in [3.05, 3.63) is 58.9 Å². The molecule has 36 heavy (non-hydrogen) atoms. The molecule has 0 saturated carbocycles. The van der Waals surface area contributed by atoms with Crippen molar-refractivity contribution >= 4 is 27.8 Å². The molecule has 0 radical (unpaired) electrons. The maximum atomic E-state index is 12.7. The van der Waals surface area contributed by atoms with Crippen LogP contribution in [0.25, 0.3) is 0 Å². The molecule has 2 aromatic rings. The largest absolute Gasteiger partial charge is 0.543 e. The summed E-state index contributed by atoms with van der Waals surface area (Å²) in [4.78, 5) is 39.8. The quantitative estimate of drug-likeness (QED) is 0.367. The van der Waals surface area contributed by atoms with Gasteiger partial charge in [-0.3, -0.25) is 14.6 Å². The van der Waals surface area contributed by atoms with Crippen LogP contribution in [0.2, 0.25) is 0 Å². The normalized spacial score (nSPS) is 11.3. The third kappa shape index (κ3) is 8.15. The molecule has 0 spiro atoms. The van der Waals surface area contributed by atoms with Crippen molar-refractivity contribution in [3.8, 4) is 0 Å². The number of nitrogens with zero attached hydrogens (tertiary/aromatic N) is 1. The molecule has 0 saturated heterocycles. The second kappa shape index (κ2) is 13.7. The minimum absolute atomic E-state index is 0.0116. The zero-order chi connectivity index (χ0) is 26.7. The van der Waals surface area contributed by atoms with Crippen molar-refractivity contribution in [1.82, 2.24) is 15.0 Å². The van der Waals surface area contributed by atoms with E-state index in [-0.39, 0.29) is 28.0 Å². The number of nitrogens with one attached hydrogen (secondary N) is 2. The summed E-state index contributed by atoms with van der Waals surface area (Å²) >= 11 is 0. The SMILES string of the molecule is CCCCCc1cc(C(=O)NS(=O)(=O)c2ccc(CCNC(=O)C(CC)CC)cc2)cnc1C(=O)[O-]. The average Bonchev–Trinajstić information content (AvgIpc) is 2.85. The fourth-order valence-corrected chi connectivity index (χ4v) is 4.76. The van der Waals surface area contributed by atoms with Gasteiger partial charge in [0.2, 0.25) is 5.91 Å². The molecular formula is C26H34N3O6S-. The summed E-state index contributed by atoms with van der Waals surface area (Å²) in [6.07, 6.45) is 6.01. The molecule has 1 aromatic carbocycles. The minimum atomic E-state index is -4.16. The molecular weight excluding hydrogens is 482 g/mol.